The van der Waals surface area contributed by atoms with E-state index in [-0.39, 0.29) is 6.92 Å². The normalized spacial score (nSPS) is 13.4. The third kappa shape index (κ3) is 1.67. The van der Waals surface area contributed by atoms with Crippen LogP contribution < -0.4 is 15.6 Å². The number of benzene rings is 4. The Labute approximate surface area is 167 Å². The highest BCUT2D eigenvalue weighted by Crippen LogP contribution is 2.40. The van der Waals surface area contributed by atoms with Crippen molar-refractivity contribution in [3.8, 4) is 22.6 Å². The molecule has 0 saturated carbocycles. The van der Waals surface area contributed by atoms with E-state index in [2.05, 4.69) is 77.4 Å². The van der Waals surface area contributed by atoms with Crippen LogP contribution in [0.1, 0.15) is 0 Å². The Morgan fingerprint density at radius 2 is 1.61 bits per heavy atom. The molecular weight excluding hydrogens is 365 g/mol. The molecule has 0 spiro atoms. The van der Waals surface area contributed by atoms with E-state index >= 15 is 0 Å². The number of nitrogens with zero attached hydrogens (tertiary/aromatic N) is 1. The van der Waals surface area contributed by atoms with Crippen molar-refractivity contribution in [2.45, 2.75) is 0 Å². The molecule has 4 aromatic carbocycles. The minimum atomic E-state index is -0.154. The van der Waals surface area contributed by atoms with Gasteiger partial charge < -0.3 is 9.22 Å². The van der Waals surface area contributed by atoms with Crippen molar-refractivity contribution in [2.24, 2.45) is 0 Å². The maximum absolute atomic E-state index is 6.58. The van der Waals surface area contributed by atoms with Crippen LogP contribution in [0.4, 0.5) is 0 Å². The minimum Gasteiger partial charge on any atom is -0.551 e. The third-order valence-corrected chi connectivity index (χ3v) is 6.27. The van der Waals surface area contributed by atoms with Gasteiger partial charge in [0, 0.05) is 32.5 Å². The first-order chi connectivity index (χ1) is 13.8. The van der Waals surface area contributed by atoms with E-state index < -0.39 is 0 Å². The Morgan fingerprint density at radius 1 is 0.786 bits per heavy atom. The van der Waals surface area contributed by atoms with Gasteiger partial charge in [-0.3, -0.25) is 0 Å². The lowest BCUT2D eigenvalue weighted by Crippen LogP contribution is -2.54. The van der Waals surface area contributed by atoms with Crippen LogP contribution in [0.15, 0.2) is 78.9 Å². The molecule has 2 nitrogen and oxygen atoms in total. The molecule has 1 aromatic heterocycles. The van der Waals surface area contributed by atoms with Gasteiger partial charge in [-0.15, -0.1) is 0 Å². The number of hydrogen-bond donors (Lipinski definition) is 0. The summed E-state index contributed by atoms with van der Waals surface area (Å²) in [6, 6.07) is 27.5. The monoisotopic (exact) mass is 377 g/mol. The summed E-state index contributed by atoms with van der Waals surface area (Å²) in [6.07, 6.45) is 0. The zero-order valence-electron chi connectivity index (χ0n) is 14.8. The second-order valence-electron chi connectivity index (χ2n) is 7.48. The molecule has 130 valence electrons. The van der Waals surface area contributed by atoms with Crippen molar-refractivity contribution in [3.05, 3.63) is 83.9 Å². The maximum Gasteiger partial charge on any atom is 0.431 e. The predicted octanol–water partition coefficient (Wildman–Crippen LogP) is 4.92. The molecule has 2 aliphatic rings. The molecule has 2 aliphatic heterocycles. The lowest BCUT2D eigenvalue weighted by molar-refractivity contribution is 0.590. The largest absolute Gasteiger partial charge is 0.551 e. The second kappa shape index (κ2) is 5.00. The molecule has 4 heteroatoms. The average Bonchev–Trinajstić information content (AvgIpc) is 3.06. The van der Waals surface area contributed by atoms with Crippen molar-refractivity contribution in [1.82, 2.24) is 4.57 Å². The fourth-order valence-corrected chi connectivity index (χ4v) is 5.22. The van der Waals surface area contributed by atoms with Gasteiger partial charge in [0.25, 0.3) is 0 Å². The van der Waals surface area contributed by atoms with Crippen molar-refractivity contribution < 1.29 is 4.65 Å². The molecule has 28 heavy (non-hydrogen) atoms. The van der Waals surface area contributed by atoms with Crippen LogP contribution >= 0.6 is 11.6 Å². The van der Waals surface area contributed by atoms with Gasteiger partial charge in [-0.25, -0.2) is 0 Å². The van der Waals surface area contributed by atoms with Crippen molar-refractivity contribution in [3.63, 3.8) is 0 Å². The van der Waals surface area contributed by atoms with Gasteiger partial charge in [-0.2, -0.15) is 0 Å². The molecular formula is C24H13BClNO. The highest BCUT2D eigenvalue weighted by atomic mass is 35.5. The number of aromatic nitrogens is 1. The number of halogens is 1. The summed E-state index contributed by atoms with van der Waals surface area (Å²) >= 11 is 6.58. The molecule has 3 heterocycles. The molecule has 0 radical (unpaired) electrons. The number of para-hydroxylation sites is 2. The van der Waals surface area contributed by atoms with Gasteiger partial charge in [0.05, 0.1) is 11.0 Å². The molecule has 0 saturated heterocycles. The fraction of sp³-hybridized carbons (Fsp3) is 0. The Balaban J connectivity index is 1.74. The standard InChI is InChI=1S/C24H13BClNO/c26-14-12-18-15-6-1-3-9-20(15)27-21-10-5-8-17-16-7-2-4-11-22(16)28-25(23(17)21)19(13-14)24(18)27/h1-13H. The van der Waals surface area contributed by atoms with Crippen molar-refractivity contribution in [2.75, 3.05) is 0 Å². The van der Waals surface area contributed by atoms with E-state index in [9.17, 15) is 0 Å². The molecule has 0 fully saturated rings. The average molecular weight is 378 g/mol. The topological polar surface area (TPSA) is 14.2 Å². The first-order valence-electron chi connectivity index (χ1n) is 9.43. The summed E-state index contributed by atoms with van der Waals surface area (Å²) in [7, 11) is 0. The highest BCUT2D eigenvalue weighted by molar-refractivity contribution is 6.85. The van der Waals surface area contributed by atoms with Crippen LogP contribution in [-0.2, 0) is 0 Å². The van der Waals surface area contributed by atoms with Crippen molar-refractivity contribution >= 4 is 51.2 Å². The molecule has 5 aromatic rings. The van der Waals surface area contributed by atoms with E-state index in [1.54, 1.807) is 0 Å². The molecule has 0 atom stereocenters. The molecule has 0 amide bonds. The summed E-state index contributed by atoms with van der Waals surface area (Å²) < 4.78 is 8.94. The molecule has 7 rings (SSSR count). The van der Waals surface area contributed by atoms with Crippen LogP contribution in [-0.4, -0.2) is 11.5 Å². The zero-order chi connectivity index (χ0) is 18.4. The first-order valence-corrected chi connectivity index (χ1v) is 9.81. The van der Waals surface area contributed by atoms with E-state index in [4.69, 9.17) is 16.3 Å². The Kier molecular flexibility index (Phi) is 2.65. The first kappa shape index (κ1) is 14.8. The van der Waals surface area contributed by atoms with Crippen molar-refractivity contribution in [1.29, 1.82) is 0 Å². The predicted molar refractivity (Wildman–Crippen MR) is 117 cm³/mol. The highest BCUT2D eigenvalue weighted by Gasteiger charge is 2.40. The van der Waals surface area contributed by atoms with E-state index in [1.165, 1.54) is 38.5 Å². The van der Waals surface area contributed by atoms with Gasteiger partial charge in [-0.1, -0.05) is 60.1 Å². The molecule has 0 N–H and O–H groups in total. The van der Waals surface area contributed by atoms with E-state index in [0.29, 0.717) is 0 Å². The van der Waals surface area contributed by atoms with Gasteiger partial charge >= 0.3 is 6.92 Å². The van der Waals surface area contributed by atoms with Crippen LogP contribution in [0.5, 0.6) is 5.75 Å². The maximum atomic E-state index is 6.58. The molecule has 0 bridgehead atoms. The molecule has 0 aliphatic carbocycles. The van der Waals surface area contributed by atoms with Crippen LogP contribution in [0.3, 0.4) is 0 Å². The fourth-order valence-electron chi connectivity index (χ4n) is 5.00. The smallest absolute Gasteiger partial charge is 0.431 e. The molecule has 0 unspecified atom stereocenters. The minimum absolute atomic E-state index is 0.154. The Hall–Kier alpha value is -3.17. The third-order valence-electron chi connectivity index (χ3n) is 6.05. The lowest BCUT2D eigenvalue weighted by atomic mass is 9.50. The van der Waals surface area contributed by atoms with Crippen LogP contribution in [0, 0.1) is 0 Å². The summed E-state index contributed by atoms with van der Waals surface area (Å²) in [6.45, 7) is -0.154. The zero-order valence-corrected chi connectivity index (χ0v) is 15.6. The number of hydrogen-bond acceptors (Lipinski definition) is 1. The number of fused-ring (bicyclic) bond motifs is 7. The number of rotatable bonds is 0. The van der Waals surface area contributed by atoms with Gasteiger partial charge in [0.2, 0.25) is 0 Å². The Morgan fingerprint density at radius 3 is 2.57 bits per heavy atom. The summed E-state index contributed by atoms with van der Waals surface area (Å²) in [5.41, 5.74) is 8.32. The van der Waals surface area contributed by atoms with Crippen LogP contribution in [0.25, 0.3) is 38.6 Å². The van der Waals surface area contributed by atoms with Crippen LogP contribution in [0.2, 0.25) is 5.02 Å². The second-order valence-corrected chi connectivity index (χ2v) is 7.91. The quantitative estimate of drug-likeness (QED) is 0.350. The SMILES string of the molecule is Clc1cc2c3c(c1)c1ccccc1n3-c1cccc3c1B2Oc1ccccc1-3. The Bertz CT molecular complexity index is 1470. The lowest BCUT2D eigenvalue weighted by Gasteiger charge is -2.33. The van der Waals surface area contributed by atoms with E-state index in [0.717, 1.165) is 21.8 Å². The van der Waals surface area contributed by atoms with Gasteiger partial charge in [-0.05, 0) is 41.4 Å². The summed E-state index contributed by atoms with van der Waals surface area (Å²) in [5.74, 6) is 0.926. The summed E-state index contributed by atoms with van der Waals surface area (Å²) in [4.78, 5) is 0. The van der Waals surface area contributed by atoms with Gasteiger partial charge in [0.15, 0.2) is 0 Å². The van der Waals surface area contributed by atoms with Gasteiger partial charge in [0.1, 0.15) is 5.75 Å². The summed E-state index contributed by atoms with van der Waals surface area (Å²) in [5, 5.41) is 3.14. The van der Waals surface area contributed by atoms with E-state index in [1.807, 2.05) is 6.07 Å².